The molecule has 1 fully saturated rings. The van der Waals surface area contributed by atoms with E-state index in [0.29, 0.717) is 18.0 Å². The molecule has 20 heavy (non-hydrogen) atoms. The van der Waals surface area contributed by atoms with Gasteiger partial charge in [-0.05, 0) is 62.4 Å². The molecule has 1 nitrogen and oxygen atoms in total. The van der Waals surface area contributed by atoms with Crippen LogP contribution in [0.3, 0.4) is 0 Å². The number of nitrogens with one attached hydrogen (secondary N) is 1. The molecule has 1 aliphatic carbocycles. The zero-order valence-corrected chi connectivity index (χ0v) is 13.5. The lowest BCUT2D eigenvalue weighted by atomic mass is 9.75. The van der Waals surface area contributed by atoms with Gasteiger partial charge in [-0.1, -0.05) is 23.7 Å². The second kappa shape index (κ2) is 5.88. The van der Waals surface area contributed by atoms with E-state index in [9.17, 15) is 0 Å². The van der Waals surface area contributed by atoms with Gasteiger partial charge in [0.15, 0.2) is 0 Å². The molecule has 3 rings (SSSR count). The molecule has 0 aliphatic heterocycles. The second-order valence-electron chi connectivity index (χ2n) is 5.76. The molecule has 0 spiro atoms. The van der Waals surface area contributed by atoms with E-state index in [-0.39, 0.29) is 0 Å². The van der Waals surface area contributed by atoms with Gasteiger partial charge in [-0.3, -0.25) is 0 Å². The predicted octanol–water partition coefficient (Wildman–Crippen LogP) is 5.31. The minimum atomic E-state index is 0.457. The van der Waals surface area contributed by atoms with E-state index in [0.717, 1.165) is 5.02 Å². The number of rotatable bonds is 4. The van der Waals surface area contributed by atoms with Gasteiger partial charge in [-0.2, -0.15) is 0 Å². The van der Waals surface area contributed by atoms with Crippen molar-refractivity contribution in [3.8, 4) is 0 Å². The van der Waals surface area contributed by atoms with E-state index >= 15 is 0 Å². The largest absolute Gasteiger partial charge is 0.307 e. The molecule has 0 radical (unpaired) electrons. The van der Waals surface area contributed by atoms with Crippen LogP contribution in [0, 0.1) is 6.92 Å². The number of thiophene rings is 1. The average molecular weight is 306 g/mol. The van der Waals surface area contributed by atoms with Crippen molar-refractivity contribution in [2.75, 3.05) is 0 Å². The standard InChI is InChI=1S/C17H20ClNS/c1-11-6-7-17(20-11)12(2)19-16-9-14(10-16)13-4-3-5-15(18)8-13/h3-8,12,14,16,19H,9-10H2,1-2H3. The van der Waals surface area contributed by atoms with Crippen LogP contribution < -0.4 is 5.32 Å². The number of hydrogen-bond acceptors (Lipinski definition) is 2. The molecule has 1 atom stereocenters. The quantitative estimate of drug-likeness (QED) is 0.807. The van der Waals surface area contributed by atoms with Gasteiger partial charge in [0.05, 0.1) is 0 Å². The summed E-state index contributed by atoms with van der Waals surface area (Å²) in [5.41, 5.74) is 1.38. The van der Waals surface area contributed by atoms with Crippen LogP contribution in [0.2, 0.25) is 5.02 Å². The fourth-order valence-electron chi connectivity index (χ4n) is 2.91. The third-order valence-electron chi connectivity index (χ3n) is 4.13. The van der Waals surface area contributed by atoms with Gasteiger partial charge in [-0.25, -0.2) is 0 Å². The highest BCUT2D eigenvalue weighted by Gasteiger charge is 2.31. The summed E-state index contributed by atoms with van der Waals surface area (Å²) in [5.74, 6) is 0.670. The molecule has 0 saturated heterocycles. The van der Waals surface area contributed by atoms with Crippen molar-refractivity contribution in [1.29, 1.82) is 0 Å². The Morgan fingerprint density at radius 2 is 2.05 bits per heavy atom. The molecule has 3 heteroatoms. The smallest absolute Gasteiger partial charge is 0.0408 e. The topological polar surface area (TPSA) is 12.0 Å². The van der Waals surface area contributed by atoms with Crippen LogP contribution in [0.15, 0.2) is 36.4 Å². The van der Waals surface area contributed by atoms with Crippen LogP contribution >= 0.6 is 22.9 Å². The maximum Gasteiger partial charge on any atom is 0.0408 e. The van der Waals surface area contributed by atoms with Gasteiger partial charge in [0, 0.05) is 26.9 Å². The first-order valence-electron chi connectivity index (χ1n) is 7.19. The van der Waals surface area contributed by atoms with E-state index < -0.39 is 0 Å². The number of aryl methyl sites for hydroxylation is 1. The zero-order valence-electron chi connectivity index (χ0n) is 11.9. The summed E-state index contributed by atoms with van der Waals surface area (Å²) >= 11 is 7.95. The van der Waals surface area contributed by atoms with Gasteiger partial charge in [0.1, 0.15) is 0 Å². The summed E-state index contributed by atoms with van der Waals surface area (Å²) in [6.45, 7) is 4.43. The predicted molar refractivity (Wildman–Crippen MR) is 87.8 cm³/mol. The van der Waals surface area contributed by atoms with Gasteiger partial charge >= 0.3 is 0 Å². The molecule has 1 aliphatic rings. The SMILES string of the molecule is Cc1ccc(C(C)NC2CC(c3cccc(Cl)c3)C2)s1. The summed E-state index contributed by atoms with van der Waals surface area (Å²) in [6.07, 6.45) is 2.43. The fraction of sp³-hybridized carbons (Fsp3) is 0.412. The summed E-state index contributed by atoms with van der Waals surface area (Å²) in [5, 5.41) is 4.59. The second-order valence-corrected chi connectivity index (χ2v) is 7.51. The maximum absolute atomic E-state index is 6.06. The lowest BCUT2D eigenvalue weighted by Crippen LogP contribution is -2.41. The van der Waals surface area contributed by atoms with Crippen molar-refractivity contribution < 1.29 is 0 Å². The molecular formula is C17H20ClNS. The molecule has 1 unspecified atom stereocenters. The monoisotopic (exact) mass is 305 g/mol. The minimum Gasteiger partial charge on any atom is -0.307 e. The zero-order chi connectivity index (χ0) is 14.1. The van der Waals surface area contributed by atoms with E-state index in [1.165, 1.54) is 28.2 Å². The van der Waals surface area contributed by atoms with Crippen LogP contribution in [-0.4, -0.2) is 6.04 Å². The Kier molecular flexibility index (Phi) is 4.16. The highest BCUT2D eigenvalue weighted by molar-refractivity contribution is 7.12. The first-order chi connectivity index (χ1) is 9.61. The van der Waals surface area contributed by atoms with Crippen LogP contribution in [0.4, 0.5) is 0 Å². The normalized spacial score (nSPS) is 23.4. The van der Waals surface area contributed by atoms with Crippen molar-refractivity contribution in [2.45, 2.75) is 44.7 Å². The molecular weight excluding hydrogens is 286 g/mol. The van der Waals surface area contributed by atoms with E-state index in [1.807, 2.05) is 17.4 Å². The molecule has 1 N–H and O–H groups in total. The van der Waals surface area contributed by atoms with E-state index in [4.69, 9.17) is 11.6 Å². The van der Waals surface area contributed by atoms with E-state index in [1.54, 1.807) is 0 Å². The van der Waals surface area contributed by atoms with Crippen molar-refractivity contribution in [3.63, 3.8) is 0 Å². The maximum atomic E-state index is 6.06. The lowest BCUT2D eigenvalue weighted by molar-refractivity contribution is 0.272. The van der Waals surface area contributed by atoms with Crippen LogP contribution in [0.1, 0.15) is 47.0 Å². The summed E-state index contributed by atoms with van der Waals surface area (Å²) < 4.78 is 0. The Morgan fingerprint density at radius 3 is 2.70 bits per heavy atom. The van der Waals surface area contributed by atoms with Crippen LogP contribution in [0.25, 0.3) is 0 Å². The molecule has 1 saturated carbocycles. The summed E-state index contributed by atoms with van der Waals surface area (Å²) in [4.78, 5) is 2.83. The molecule has 0 amide bonds. The van der Waals surface area contributed by atoms with E-state index in [2.05, 4.69) is 49.5 Å². The molecule has 1 aromatic carbocycles. The third-order valence-corrected chi connectivity index (χ3v) is 5.55. The Balaban J connectivity index is 1.53. The minimum absolute atomic E-state index is 0.457. The van der Waals surface area contributed by atoms with Gasteiger partial charge in [-0.15, -0.1) is 11.3 Å². The first kappa shape index (κ1) is 14.1. The first-order valence-corrected chi connectivity index (χ1v) is 8.39. The molecule has 106 valence electrons. The van der Waals surface area contributed by atoms with Gasteiger partial charge in [0.25, 0.3) is 0 Å². The lowest BCUT2D eigenvalue weighted by Gasteiger charge is -2.38. The average Bonchev–Trinajstić information content (AvgIpc) is 2.80. The summed E-state index contributed by atoms with van der Waals surface area (Å²) in [6, 6.07) is 13.8. The Hall–Kier alpha value is -0.830. The molecule has 1 aromatic heterocycles. The number of halogens is 1. The van der Waals surface area contributed by atoms with Crippen molar-refractivity contribution in [1.82, 2.24) is 5.32 Å². The van der Waals surface area contributed by atoms with Crippen molar-refractivity contribution in [2.24, 2.45) is 0 Å². The van der Waals surface area contributed by atoms with Gasteiger partial charge < -0.3 is 5.32 Å². The Bertz CT molecular complexity index is 586. The molecule has 0 bridgehead atoms. The Labute approximate surface area is 130 Å². The van der Waals surface area contributed by atoms with Crippen LogP contribution in [0.5, 0.6) is 0 Å². The summed E-state index contributed by atoms with van der Waals surface area (Å²) in [7, 11) is 0. The van der Waals surface area contributed by atoms with Gasteiger partial charge in [0.2, 0.25) is 0 Å². The third kappa shape index (κ3) is 3.08. The molecule has 2 aromatic rings. The van der Waals surface area contributed by atoms with Crippen LogP contribution in [-0.2, 0) is 0 Å². The number of hydrogen-bond donors (Lipinski definition) is 1. The van der Waals surface area contributed by atoms with Crippen molar-refractivity contribution in [3.05, 3.63) is 56.7 Å². The fourth-order valence-corrected chi connectivity index (χ4v) is 4.00. The highest BCUT2D eigenvalue weighted by Crippen LogP contribution is 2.39. The highest BCUT2D eigenvalue weighted by atomic mass is 35.5. The Morgan fingerprint density at radius 1 is 1.25 bits per heavy atom. The van der Waals surface area contributed by atoms with Crippen molar-refractivity contribution >= 4 is 22.9 Å². The number of benzene rings is 1. The molecule has 1 heterocycles.